The first-order chi connectivity index (χ1) is 59.7. The van der Waals surface area contributed by atoms with Crippen molar-refractivity contribution in [2.75, 3.05) is 26.3 Å². The summed E-state index contributed by atoms with van der Waals surface area (Å²) < 4.78 is 10.7. The fraction of sp³-hybridized carbons (Fsp3) is 0.372. The number of aromatic hydroxyl groups is 1. The van der Waals surface area contributed by atoms with Gasteiger partial charge in [-0.15, -0.1) is 0 Å². The third kappa shape index (κ3) is 43.9. The Morgan fingerprint density at radius 1 is 0.449 bits per heavy atom. The van der Waals surface area contributed by atoms with Crippen molar-refractivity contribution in [3.05, 3.63) is 390 Å². The SMILES string of the molecule is C.C.CC(C)c1ccc(C#N)cc1.CC(C)c1ccc(CN)cc1.CC(C)c1ccc(CO)cc1.CC(C)c1cccc(CN)c1.CC(C)c1cccc(CN2CCOCC2)c1.CC(C)c1cccc(CO)c1.CC(C)c1cccc(COC(=O)c2ccc3cccc(O)c3n2)c1.CC(C)c1cccc(Cl)c1.CC(C)c1cccnc1.[C-]#[N+]c1cccc(C(C)C)c1. The lowest BCUT2D eigenvalue weighted by Crippen LogP contribution is -2.35. The van der Waals surface area contributed by atoms with Gasteiger partial charge in [-0.3, -0.25) is 9.88 Å². The Balaban J connectivity index is 0.000000485. The number of para-hydroxylation sites is 1. The number of carbonyl (C=O) groups is 1. The Bertz CT molecular complexity index is 4980. The van der Waals surface area contributed by atoms with E-state index in [-0.39, 0.29) is 46.1 Å². The number of morpholine rings is 1. The van der Waals surface area contributed by atoms with Crippen LogP contribution in [0.1, 0.15) is 318 Å². The number of phenolic OH excluding ortho intramolecular Hbond substituents is 1. The first kappa shape index (κ1) is 112. The summed E-state index contributed by atoms with van der Waals surface area (Å²) in [5.41, 5.74) is 32.9. The fourth-order valence-electron chi connectivity index (χ4n) is 12.2. The number of nitriles is 1. The largest absolute Gasteiger partial charge is 0.506 e. The van der Waals surface area contributed by atoms with E-state index in [1.807, 2.05) is 128 Å². The second-order valence-corrected chi connectivity index (χ2v) is 34.5. The minimum absolute atomic E-state index is 0. The van der Waals surface area contributed by atoms with E-state index in [9.17, 15) is 9.90 Å². The van der Waals surface area contributed by atoms with Crippen molar-refractivity contribution in [1.82, 2.24) is 14.9 Å². The van der Waals surface area contributed by atoms with Crippen LogP contribution in [0.2, 0.25) is 5.02 Å². The number of benzene rings is 10. The molecule has 13 rings (SSSR count). The molecule has 1 fully saturated rings. The number of aromatic nitrogens is 2. The molecule has 7 N–H and O–H groups in total. The number of aliphatic hydroxyl groups is 2. The van der Waals surface area contributed by atoms with E-state index < -0.39 is 5.97 Å². The van der Waals surface area contributed by atoms with Gasteiger partial charge in [0.05, 0.1) is 44.6 Å². The molecule has 0 aliphatic carbocycles. The quantitative estimate of drug-likeness (QED) is 0.0379. The molecule has 0 radical (unpaired) electrons. The lowest BCUT2D eigenvalue weighted by atomic mass is 10.0. The van der Waals surface area contributed by atoms with Gasteiger partial charge in [-0.25, -0.2) is 14.6 Å². The van der Waals surface area contributed by atoms with Crippen LogP contribution in [0.15, 0.2) is 273 Å². The Labute approximate surface area is 770 Å². The number of fused-ring (bicyclic) bond motifs is 1. The molecule has 14 heteroatoms. The molecule has 1 aliphatic rings. The molecule has 1 saturated heterocycles. The molecule has 1 aliphatic heterocycles. The van der Waals surface area contributed by atoms with Crippen LogP contribution < -0.4 is 11.5 Å². The lowest BCUT2D eigenvalue weighted by molar-refractivity contribution is 0.0342. The van der Waals surface area contributed by atoms with E-state index in [1.165, 1.54) is 72.3 Å². The summed E-state index contributed by atoms with van der Waals surface area (Å²) >= 11 is 5.79. The van der Waals surface area contributed by atoms with Crippen molar-refractivity contribution in [2.24, 2.45) is 11.5 Å². The van der Waals surface area contributed by atoms with E-state index >= 15 is 0 Å². The number of halogens is 1. The van der Waals surface area contributed by atoms with Gasteiger partial charge in [-0.05, 0) is 185 Å². The first-order valence-corrected chi connectivity index (χ1v) is 44.4. The molecule has 3 heterocycles. The van der Waals surface area contributed by atoms with Crippen LogP contribution in [-0.2, 0) is 48.9 Å². The van der Waals surface area contributed by atoms with Crippen LogP contribution in [0.5, 0.6) is 5.75 Å². The normalized spacial score (nSPS) is 11.2. The molecule has 0 spiro atoms. The van der Waals surface area contributed by atoms with Crippen LogP contribution in [0, 0.1) is 17.9 Å². The summed E-state index contributed by atoms with van der Waals surface area (Å²) in [6, 6.07) is 88.1. The zero-order valence-electron chi connectivity index (χ0n) is 78.2. The topological polar surface area (TPSA) is 205 Å². The first-order valence-electron chi connectivity index (χ1n) is 44.1. The number of nitrogens with zero attached hydrogens (tertiary/aromatic N) is 5. The van der Waals surface area contributed by atoms with E-state index in [0.29, 0.717) is 77.8 Å². The zero-order chi connectivity index (χ0) is 92.3. The second kappa shape index (κ2) is 62.3. The minimum atomic E-state index is -0.505. The van der Waals surface area contributed by atoms with E-state index in [1.54, 1.807) is 30.5 Å². The summed E-state index contributed by atoms with van der Waals surface area (Å²) in [6.45, 7) is 56.8. The molecule has 2 aromatic heterocycles. The van der Waals surface area contributed by atoms with E-state index in [0.717, 1.165) is 71.2 Å². The summed E-state index contributed by atoms with van der Waals surface area (Å²) in [6.07, 6.45) is 3.70. The maximum atomic E-state index is 12.2. The Morgan fingerprint density at radius 3 is 1.25 bits per heavy atom. The Kier molecular flexibility index (Phi) is 55.0. The number of pyridine rings is 2. The molecule has 0 unspecified atom stereocenters. The maximum Gasteiger partial charge on any atom is 0.357 e. The smallest absolute Gasteiger partial charge is 0.357 e. The number of nitrogens with two attached hydrogens (primary N) is 2. The molecule has 0 saturated carbocycles. The highest BCUT2D eigenvalue weighted by molar-refractivity contribution is 6.30. The van der Waals surface area contributed by atoms with Crippen LogP contribution >= 0.6 is 11.6 Å². The van der Waals surface area contributed by atoms with Crippen molar-refractivity contribution in [3.8, 4) is 11.8 Å². The highest BCUT2D eigenvalue weighted by Crippen LogP contribution is 2.27. The Hall–Kier alpha value is -10.9. The molecule has 680 valence electrons. The Morgan fingerprint density at radius 2 is 0.835 bits per heavy atom. The highest BCUT2D eigenvalue weighted by atomic mass is 35.5. The van der Waals surface area contributed by atoms with Gasteiger partial charge in [0.25, 0.3) is 0 Å². The van der Waals surface area contributed by atoms with Crippen LogP contribution in [0.4, 0.5) is 5.69 Å². The zero-order valence-corrected chi connectivity index (χ0v) is 78.9. The summed E-state index contributed by atoms with van der Waals surface area (Å²) in [7, 11) is 0. The molecule has 127 heavy (non-hydrogen) atoms. The standard InChI is InChI=1S/C20H19NO3.C14H21NO.C10H11N.C10H15N.C10H11N.C10H15N.2C10H14O.C9H11Cl.C8H11N.2CH4/c1-13(2)16-7-3-5-14(11-16)12-24-20(23)17-10-9-15-6-4-8-18(22)19(15)21-17;1-12(2)14-5-3-4-13(10-14)11-15-6-8-16-9-7-15;1-8(2)9-5-4-6-10(7-9)11-3;2*1-8(2)10-5-3-9(7-11)4-6-10;1-8(2)10-5-3-4-9(6-10)7-11;1-8(2)10-5-3-9(7-11)4-6-10;1-8(2)10-5-3-4-9(6-10)7-11;1-7(2)8-4-3-5-9(10)6-8;1-7(2)8-4-3-5-9-6-8;;/h3-11,13,22H,12H2,1-2H3;3-5,10,12H,6-9,11H2,1-2H3;4-8H,1-2H3;3-6,8H,7,11H2,1-2H3;3-6,8H,1-2H3;3-6,8H,7,11H2,1-2H3;2*3-6,8,11H,7H2,1-2H3;3-7H,1-2H3;3-7H,1-2H3;2*1H4. The maximum absolute atomic E-state index is 12.2. The third-order valence-corrected chi connectivity index (χ3v) is 20.9. The van der Waals surface area contributed by atoms with Crippen molar-refractivity contribution in [2.45, 2.75) is 252 Å². The number of hydrogen-bond acceptors (Lipinski definition) is 12. The van der Waals surface area contributed by atoms with E-state index in [4.69, 9.17) is 54.6 Å². The van der Waals surface area contributed by atoms with Gasteiger partial charge >= 0.3 is 5.97 Å². The number of esters is 1. The molecule has 13 nitrogen and oxygen atoms in total. The third-order valence-electron chi connectivity index (χ3n) is 20.6. The van der Waals surface area contributed by atoms with Gasteiger partial charge in [-0.2, -0.15) is 5.26 Å². The van der Waals surface area contributed by atoms with E-state index in [2.05, 4.69) is 280 Å². The predicted molar refractivity (Wildman–Crippen MR) is 539 cm³/mol. The average molecular weight is 1740 g/mol. The van der Waals surface area contributed by atoms with Crippen LogP contribution in [0.3, 0.4) is 0 Å². The molecule has 12 aromatic rings. The molecule has 0 bridgehead atoms. The number of ether oxygens (including phenoxy) is 2. The van der Waals surface area contributed by atoms with Crippen molar-refractivity contribution >= 4 is 34.2 Å². The number of hydrogen-bond donors (Lipinski definition) is 5. The van der Waals surface area contributed by atoms with Crippen molar-refractivity contribution < 1.29 is 29.6 Å². The highest BCUT2D eigenvalue weighted by Gasteiger charge is 2.15. The van der Waals surface area contributed by atoms with Crippen LogP contribution in [0.25, 0.3) is 15.7 Å². The fourth-order valence-corrected chi connectivity index (χ4v) is 12.4. The number of phenols is 1. The molecular weight excluding hydrogens is 1590 g/mol. The number of carbonyl (C=O) groups excluding carboxylic acids is 1. The van der Waals surface area contributed by atoms with Gasteiger partial charge in [0.15, 0.2) is 5.69 Å². The predicted octanol–water partition coefficient (Wildman–Crippen LogP) is 29.2. The van der Waals surface area contributed by atoms with Gasteiger partial charge in [0.1, 0.15) is 23.6 Å². The number of aliphatic hydroxyl groups excluding tert-OH is 2. The molecule has 0 amide bonds. The lowest BCUT2D eigenvalue weighted by Gasteiger charge is -2.26. The monoisotopic (exact) mass is 1740 g/mol. The summed E-state index contributed by atoms with van der Waals surface area (Å²) in [4.78, 5) is 26.3. The average Bonchev–Trinajstić information content (AvgIpc) is 0.812. The molecule has 0 atom stereocenters. The molecular formula is C113H150ClN7O6. The van der Waals surface area contributed by atoms with Crippen molar-refractivity contribution in [3.63, 3.8) is 0 Å². The van der Waals surface area contributed by atoms with Gasteiger partial charge in [0.2, 0.25) is 0 Å². The van der Waals surface area contributed by atoms with Gasteiger partial charge < -0.3 is 36.3 Å². The van der Waals surface area contributed by atoms with Gasteiger partial charge in [0, 0.05) is 55.5 Å². The summed E-state index contributed by atoms with van der Waals surface area (Å²) in [5.74, 6) is 5.13. The second-order valence-electron chi connectivity index (χ2n) is 34.0. The minimum Gasteiger partial charge on any atom is -0.506 e. The summed E-state index contributed by atoms with van der Waals surface area (Å²) in [5, 5.41) is 37.6. The number of rotatable bonds is 19. The van der Waals surface area contributed by atoms with Crippen molar-refractivity contribution in [1.29, 1.82) is 5.26 Å². The van der Waals surface area contributed by atoms with Crippen LogP contribution in [-0.4, -0.2) is 62.5 Å². The molecule has 10 aromatic carbocycles. The van der Waals surface area contributed by atoms with Gasteiger partial charge in [-0.1, -0.05) is 389 Å².